The molecule has 0 unspecified atom stereocenters. The number of ether oxygens (including phenoxy) is 1. The van der Waals surface area contributed by atoms with E-state index in [1.807, 2.05) is 6.07 Å². The molecule has 3 aromatic carbocycles. The number of amides is 1. The second-order valence-electron chi connectivity index (χ2n) is 8.33. The molecule has 1 heterocycles. The highest BCUT2D eigenvalue weighted by molar-refractivity contribution is 7.89. The van der Waals surface area contributed by atoms with Crippen LogP contribution in [0.3, 0.4) is 0 Å². The van der Waals surface area contributed by atoms with Crippen LogP contribution in [0.15, 0.2) is 95.0 Å². The van der Waals surface area contributed by atoms with E-state index >= 15 is 0 Å². The predicted molar refractivity (Wildman–Crippen MR) is 137 cm³/mol. The van der Waals surface area contributed by atoms with Gasteiger partial charge in [0.25, 0.3) is 0 Å². The number of benzene rings is 3. The van der Waals surface area contributed by atoms with Crippen molar-refractivity contribution in [1.29, 1.82) is 5.26 Å². The van der Waals surface area contributed by atoms with E-state index in [1.165, 1.54) is 38.3 Å². The number of ketones is 1. The van der Waals surface area contributed by atoms with Gasteiger partial charge in [0, 0.05) is 18.2 Å². The number of hydrogen-bond acceptors (Lipinski definition) is 7. The largest absolute Gasteiger partial charge is 0.497 e. The average molecular weight is 517 g/mol. The van der Waals surface area contributed by atoms with Crippen LogP contribution < -0.4 is 15.8 Å². The molecule has 10 heteroatoms. The Morgan fingerprint density at radius 2 is 1.62 bits per heavy atom. The molecule has 9 nitrogen and oxygen atoms in total. The van der Waals surface area contributed by atoms with Crippen LogP contribution in [0.4, 0.5) is 5.69 Å². The first kappa shape index (κ1) is 25.6. The molecule has 3 N–H and O–H groups in total. The molecule has 1 aliphatic heterocycles. The van der Waals surface area contributed by atoms with Crippen LogP contribution in [-0.2, 0) is 14.8 Å². The first-order valence-corrected chi connectivity index (χ1v) is 12.7. The Labute approximate surface area is 214 Å². The lowest BCUT2D eigenvalue weighted by Gasteiger charge is -2.30. The lowest BCUT2D eigenvalue weighted by Crippen LogP contribution is -2.45. The molecule has 0 aliphatic carbocycles. The number of hydrogen-bond donors (Lipinski definition) is 2. The lowest BCUT2D eigenvalue weighted by molar-refractivity contribution is -0.114. The number of methoxy groups -OCH3 is 1. The van der Waals surface area contributed by atoms with Crippen molar-refractivity contribution in [3.8, 4) is 11.8 Å². The Kier molecular flexibility index (Phi) is 7.11. The van der Waals surface area contributed by atoms with Crippen LogP contribution in [0.5, 0.6) is 5.75 Å². The van der Waals surface area contributed by atoms with Gasteiger partial charge in [0.15, 0.2) is 5.78 Å². The minimum Gasteiger partial charge on any atom is -0.497 e. The van der Waals surface area contributed by atoms with Gasteiger partial charge in [0.2, 0.25) is 15.9 Å². The first-order valence-electron chi connectivity index (χ1n) is 11.2. The summed E-state index contributed by atoms with van der Waals surface area (Å²) in [6, 6.07) is 19.7. The van der Waals surface area contributed by atoms with Gasteiger partial charge in [-0.1, -0.05) is 42.5 Å². The van der Waals surface area contributed by atoms with E-state index in [-0.39, 0.29) is 27.6 Å². The molecule has 0 saturated heterocycles. The van der Waals surface area contributed by atoms with Crippen LogP contribution in [0, 0.1) is 11.3 Å². The summed E-state index contributed by atoms with van der Waals surface area (Å²) >= 11 is 0. The summed E-state index contributed by atoms with van der Waals surface area (Å²) in [4.78, 5) is 24.9. The molecule has 37 heavy (non-hydrogen) atoms. The van der Waals surface area contributed by atoms with E-state index < -0.39 is 27.9 Å². The van der Waals surface area contributed by atoms with Gasteiger partial charge in [0.05, 0.1) is 35.4 Å². The fraction of sp³-hybridized carbons (Fsp3) is 0.148. The molecule has 0 fully saturated rings. The summed E-state index contributed by atoms with van der Waals surface area (Å²) in [6.07, 6.45) is 0. The Bertz CT molecular complexity index is 1510. The number of sulfonamides is 1. The molecule has 0 radical (unpaired) electrons. The minimum atomic E-state index is -4.38. The van der Waals surface area contributed by atoms with Gasteiger partial charge in [-0.25, -0.2) is 8.42 Å². The number of Topliss-reactive ketones (excluding diaryl/α,β-unsaturated/α-hetero) is 1. The van der Waals surface area contributed by atoms with Gasteiger partial charge in [0.1, 0.15) is 11.8 Å². The molecule has 0 spiro atoms. The van der Waals surface area contributed by atoms with Crippen molar-refractivity contribution < 1.29 is 22.7 Å². The number of carbonyl (C=O) groups excluding carboxylic acids is 2. The number of nitrogens with zero attached hydrogens (tertiary/aromatic N) is 2. The maximum absolute atomic E-state index is 14.1. The summed E-state index contributed by atoms with van der Waals surface area (Å²) in [7, 11) is -2.88. The smallest absolute Gasteiger partial charge is 0.245 e. The average Bonchev–Trinajstić information content (AvgIpc) is 3.21. The highest BCUT2D eigenvalue weighted by atomic mass is 32.2. The number of anilines is 1. The zero-order valence-electron chi connectivity index (χ0n) is 20.1. The summed E-state index contributed by atoms with van der Waals surface area (Å²) in [5.41, 5.74) is 7.31. The molecule has 0 bridgehead atoms. The summed E-state index contributed by atoms with van der Waals surface area (Å²) in [6.45, 7) is 1.34. The third kappa shape index (κ3) is 4.82. The molecule has 0 aromatic heterocycles. The predicted octanol–water partition coefficient (Wildman–Crippen LogP) is 3.39. The van der Waals surface area contributed by atoms with Gasteiger partial charge >= 0.3 is 0 Å². The molecule has 4 rings (SSSR count). The number of carbonyl (C=O) groups is 2. The van der Waals surface area contributed by atoms with E-state index in [2.05, 4.69) is 5.32 Å². The van der Waals surface area contributed by atoms with E-state index in [1.54, 1.807) is 54.6 Å². The van der Waals surface area contributed by atoms with Gasteiger partial charge in [-0.2, -0.15) is 9.57 Å². The maximum atomic E-state index is 14.1. The standard InChI is InChI=1S/C27H24N4O5S/c1-17(32)30-20-10-14-22(15-11-20)37(34,35)31-25(18-8-12-21(36-2)13-9-18)23(16-28)24(29)26(31)27(33)19-6-4-3-5-7-19/h3-15,25-26H,29H2,1-2H3,(H,30,32)/t25-,26+/m0/s1. The molecule has 2 atom stereocenters. The normalized spacial score (nSPS) is 17.8. The van der Waals surface area contributed by atoms with Crippen molar-refractivity contribution in [3.63, 3.8) is 0 Å². The van der Waals surface area contributed by atoms with Crippen molar-refractivity contribution >= 4 is 27.4 Å². The van der Waals surface area contributed by atoms with Gasteiger partial charge in [-0.05, 0) is 42.0 Å². The minimum absolute atomic E-state index is 0.0297. The third-order valence-corrected chi connectivity index (χ3v) is 7.84. The second-order valence-corrected chi connectivity index (χ2v) is 10.2. The Hall–Kier alpha value is -4.46. The van der Waals surface area contributed by atoms with Crippen LogP contribution in [0.25, 0.3) is 0 Å². The SMILES string of the molecule is COc1ccc([C@H]2C(C#N)=C(N)[C@H](C(=O)c3ccccc3)N2S(=O)(=O)c2ccc(NC(C)=O)cc2)cc1. The first-order chi connectivity index (χ1) is 17.7. The van der Waals surface area contributed by atoms with Crippen LogP contribution in [0.1, 0.15) is 28.9 Å². The van der Waals surface area contributed by atoms with Crippen molar-refractivity contribution in [2.75, 3.05) is 12.4 Å². The molecular formula is C27H24N4O5S. The third-order valence-electron chi connectivity index (χ3n) is 6.00. The van der Waals surface area contributed by atoms with Gasteiger partial charge in [-0.15, -0.1) is 0 Å². The summed E-state index contributed by atoms with van der Waals surface area (Å²) < 4.78 is 34.4. The van der Waals surface area contributed by atoms with Crippen molar-refractivity contribution in [3.05, 3.63) is 101 Å². The number of nitrogens with one attached hydrogen (secondary N) is 1. The molecule has 0 saturated carbocycles. The van der Waals surface area contributed by atoms with Crippen molar-refractivity contribution in [2.45, 2.75) is 23.9 Å². The van der Waals surface area contributed by atoms with Gasteiger partial charge in [-0.3, -0.25) is 9.59 Å². The zero-order valence-corrected chi connectivity index (χ0v) is 20.9. The fourth-order valence-electron chi connectivity index (χ4n) is 4.27. The Morgan fingerprint density at radius 3 is 2.16 bits per heavy atom. The van der Waals surface area contributed by atoms with E-state index in [0.29, 0.717) is 17.0 Å². The van der Waals surface area contributed by atoms with Crippen LogP contribution in [0.2, 0.25) is 0 Å². The summed E-state index contributed by atoms with van der Waals surface area (Å²) in [5.74, 6) is -0.323. The molecule has 3 aromatic rings. The van der Waals surface area contributed by atoms with Gasteiger partial charge < -0.3 is 15.8 Å². The quantitative estimate of drug-likeness (QED) is 0.458. The molecular weight excluding hydrogens is 492 g/mol. The van der Waals surface area contributed by atoms with Crippen molar-refractivity contribution in [2.24, 2.45) is 5.73 Å². The number of nitrogens with two attached hydrogens (primary N) is 1. The Balaban J connectivity index is 1.89. The van der Waals surface area contributed by atoms with Crippen LogP contribution in [-0.4, -0.2) is 37.6 Å². The Morgan fingerprint density at radius 1 is 1.00 bits per heavy atom. The van der Waals surface area contributed by atoms with E-state index in [9.17, 15) is 23.3 Å². The lowest BCUT2D eigenvalue weighted by atomic mass is 10.00. The maximum Gasteiger partial charge on any atom is 0.245 e. The topological polar surface area (TPSA) is 143 Å². The van der Waals surface area contributed by atoms with Crippen molar-refractivity contribution in [1.82, 2.24) is 4.31 Å². The molecule has 1 amide bonds. The monoisotopic (exact) mass is 516 g/mol. The van der Waals surface area contributed by atoms with E-state index in [0.717, 1.165) is 4.31 Å². The fourth-order valence-corrected chi connectivity index (χ4v) is 5.99. The van der Waals surface area contributed by atoms with Crippen LogP contribution >= 0.6 is 0 Å². The highest BCUT2D eigenvalue weighted by Crippen LogP contribution is 2.44. The zero-order chi connectivity index (χ0) is 26.7. The molecule has 188 valence electrons. The summed E-state index contributed by atoms with van der Waals surface area (Å²) in [5, 5.41) is 12.6. The highest BCUT2D eigenvalue weighted by Gasteiger charge is 2.50. The molecule has 1 aliphatic rings. The van der Waals surface area contributed by atoms with E-state index in [4.69, 9.17) is 10.5 Å². The second kappa shape index (κ2) is 10.3. The number of nitriles is 1. The number of rotatable bonds is 7.